The van der Waals surface area contributed by atoms with Gasteiger partial charge in [-0.2, -0.15) is 31.3 Å². The molecule has 1 amide bonds. The first-order valence-corrected chi connectivity index (χ1v) is 14.6. The molecule has 0 spiro atoms. The van der Waals surface area contributed by atoms with E-state index in [1.165, 1.54) is 32.3 Å². The maximum absolute atomic E-state index is 14.4. The number of benzene rings is 2. The van der Waals surface area contributed by atoms with Crippen molar-refractivity contribution in [3.8, 4) is 17.6 Å². The molecule has 47 heavy (non-hydrogen) atoms. The van der Waals surface area contributed by atoms with E-state index in [0.29, 0.717) is 18.7 Å². The van der Waals surface area contributed by atoms with E-state index in [4.69, 9.17) is 21.1 Å². The predicted molar refractivity (Wildman–Crippen MR) is 164 cm³/mol. The van der Waals surface area contributed by atoms with Crippen molar-refractivity contribution in [2.75, 3.05) is 59.8 Å². The van der Waals surface area contributed by atoms with E-state index in [0.717, 1.165) is 4.90 Å². The van der Waals surface area contributed by atoms with Crippen molar-refractivity contribution < 1.29 is 45.7 Å². The minimum atomic E-state index is -5.17. The molecule has 0 bridgehead atoms. The molecule has 3 aromatic rings. The summed E-state index contributed by atoms with van der Waals surface area (Å²) in [6.45, 7) is 1.83. The molecule has 0 aliphatic rings. The molecule has 1 aromatic heterocycles. The molecule has 9 nitrogen and oxygen atoms in total. The van der Waals surface area contributed by atoms with E-state index in [-0.39, 0.29) is 47.6 Å². The Labute approximate surface area is 273 Å². The lowest BCUT2D eigenvalue weighted by Gasteiger charge is -2.36. The predicted octanol–water partition coefficient (Wildman–Crippen LogP) is 6.13. The number of para-hydroxylation sites is 1. The summed E-state index contributed by atoms with van der Waals surface area (Å²) < 4.78 is 94.8. The molecule has 1 N–H and O–H groups in total. The van der Waals surface area contributed by atoms with Gasteiger partial charge in [0.2, 0.25) is 11.8 Å². The molecule has 3 rings (SSSR count). The second kappa shape index (κ2) is 15.0. The van der Waals surface area contributed by atoms with Gasteiger partial charge in [0.05, 0.1) is 33.9 Å². The Hall–Kier alpha value is -3.66. The van der Waals surface area contributed by atoms with E-state index in [9.17, 15) is 36.2 Å². The Kier molecular flexibility index (Phi) is 12.1. The van der Waals surface area contributed by atoms with Crippen LogP contribution in [0.5, 0.6) is 17.6 Å². The average Bonchev–Trinajstić information content (AvgIpc) is 2.96. The summed E-state index contributed by atoms with van der Waals surface area (Å²) in [5, 5.41) is 11.1. The SMILES string of the molecule is CN(C)CCOc1ncc(N(C)C(=O)C(C)(CC(O)CN(C)C)c2cc(C(F)(F)F)cc(C(F)(F)F)c2)c(Oc2ccccc2Cl)n1. The largest absolute Gasteiger partial charge is 0.462 e. The van der Waals surface area contributed by atoms with Crippen LogP contribution < -0.4 is 14.4 Å². The molecule has 258 valence electrons. The highest BCUT2D eigenvalue weighted by molar-refractivity contribution is 6.32. The Morgan fingerprint density at radius 3 is 2.04 bits per heavy atom. The second-order valence-electron chi connectivity index (χ2n) is 11.6. The number of anilines is 1. The highest BCUT2D eigenvalue weighted by Crippen LogP contribution is 2.42. The van der Waals surface area contributed by atoms with Crippen LogP contribution in [0.1, 0.15) is 30.0 Å². The van der Waals surface area contributed by atoms with E-state index in [2.05, 4.69) is 9.97 Å². The van der Waals surface area contributed by atoms with Crippen LogP contribution in [0.15, 0.2) is 48.7 Å². The normalized spacial score (nSPS) is 14.2. The van der Waals surface area contributed by atoms with Gasteiger partial charge in [-0.05, 0) is 77.4 Å². The summed E-state index contributed by atoms with van der Waals surface area (Å²) in [5.74, 6) is -1.08. The summed E-state index contributed by atoms with van der Waals surface area (Å²) in [6.07, 6.45) is -11.0. The molecule has 0 aliphatic carbocycles. The number of amides is 1. The van der Waals surface area contributed by atoms with Gasteiger partial charge in [-0.15, -0.1) is 0 Å². The Bertz CT molecular complexity index is 1510. The summed E-state index contributed by atoms with van der Waals surface area (Å²) >= 11 is 6.28. The Morgan fingerprint density at radius 2 is 1.51 bits per heavy atom. The lowest BCUT2D eigenvalue weighted by molar-refractivity contribution is -0.143. The van der Waals surface area contributed by atoms with Gasteiger partial charge in [0.1, 0.15) is 18.0 Å². The number of halogens is 7. The molecule has 2 unspecified atom stereocenters. The number of hydrogen-bond donors (Lipinski definition) is 1. The molecule has 0 fully saturated rings. The molecule has 0 saturated heterocycles. The highest BCUT2D eigenvalue weighted by Gasteiger charge is 2.44. The number of rotatable bonds is 13. The molecular weight excluding hydrogens is 656 g/mol. The van der Waals surface area contributed by atoms with Gasteiger partial charge in [0.15, 0.2) is 0 Å². The quantitative estimate of drug-likeness (QED) is 0.214. The molecule has 2 aromatic carbocycles. The molecule has 0 saturated carbocycles. The van der Waals surface area contributed by atoms with Gasteiger partial charge in [-0.3, -0.25) is 4.79 Å². The van der Waals surface area contributed by atoms with Crippen LogP contribution in [-0.4, -0.2) is 91.8 Å². The minimum absolute atomic E-state index is 0.0211. The number of carbonyl (C=O) groups excluding carboxylic acids is 1. The van der Waals surface area contributed by atoms with Crippen LogP contribution in [0.2, 0.25) is 5.02 Å². The third-order valence-corrected chi connectivity index (χ3v) is 7.42. The fourth-order valence-corrected chi connectivity index (χ4v) is 4.88. The number of aliphatic hydroxyl groups is 1. The number of aliphatic hydroxyl groups excluding tert-OH is 1. The summed E-state index contributed by atoms with van der Waals surface area (Å²) in [5.41, 5.74) is -6.04. The molecule has 1 heterocycles. The van der Waals surface area contributed by atoms with Crippen molar-refractivity contribution in [3.05, 3.63) is 70.4 Å². The highest BCUT2D eigenvalue weighted by atomic mass is 35.5. The topological polar surface area (TPSA) is 91.3 Å². The third-order valence-electron chi connectivity index (χ3n) is 7.11. The van der Waals surface area contributed by atoms with Gasteiger partial charge in [0, 0.05) is 20.1 Å². The molecular formula is C31H36ClF6N5O4. The van der Waals surface area contributed by atoms with Gasteiger partial charge >= 0.3 is 18.4 Å². The zero-order valence-electron chi connectivity index (χ0n) is 26.6. The fourth-order valence-electron chi connectivity index (χ4n) is 4.71. The lowest BCUT2D eigenvalue weighted by Crippen LogP contribution is -2.47. The summed E-state index contributed by atoms with van der Waals surface area (Å²) in [6, 6.07) is 7.16. The maximum atomic E-state index is 14.4. The number of ether oxygens (including phenoxy) is 2. The van der Waals surface area contributed by atoms with Crippen LogP contribution >= 0.6 is 11.6 Å². The average molecular weight is 692 g/mol. The van der Waals surface area contributed by atoms with Crippen LogP contribution in [0.4, 0.5) is 32.0 Å². The van der Waals surface area contributed by atoms with Crippen molar-refractivity contribution >= 4 is 23.2 Å². The van der Waals surface area contributed by atoms with Crippen molar-refractivity contribution in [3.63, 3.8) is 0 Å². The zero-order chi connectivity index (χ0) is 35.3. The number of likely N-dealkylation sites (N-methyl/N-ethyl adjacent to an activating group) is 3. The number of nitrogens with zero attached hydrogens (tertiary/aromatic N) is 5. The van der Waals surface area contributed by atoms with Crippen molar-refractivity contribution in [2.24, 2.45) is 0 Å². The van der Waals surface area contributed by atoms with E-state index >= 15 is 0 Å². The molecule has 0 aliphatic heterocycles. The van der Waals surface area contributed by atoms with Crippen LogP contribution in [0, 0.1) is 0 Å². The zero-order valence-corrected chi connectivity index (χ0v) is 27.3. The van der Waals surface area contributed by atoms with Gasteiger partial charge < -0.3 is 29.3 Å². The summed E-state index contributed by atoms with van der Waals surface area (Å²) in [4.78, 5) is 27.2. The molecule has 16 heteroatoms. The first-order chi connectivity index (χ1) is 21.7. The molecule has 2 atom stereocenters. The third kappa shape index (κ3) is 9.92. The standard InChI is InChI=1S/C31H36ClF6N5O4/c1-29(16-22(44)18-42(4)5,19-13-20(30(33,34)35)15-21(14-19)31(36,37)38)27(45)43(6)24-17-39-28(46-12-11-41(2)3)40-26(24)47-25-10-8-7-9-23(25)32/h7-10,13-15,17,22,44H,11-12,16,18H2,1-6H3. The van der Waals surface area contributed by atoms with Crippen LogP contribution in [-0.2, 0) is 22.6 Å². The number of hydrogen-bond acceptors (Lipinski definition) is 8. The van der Waals surface area contributed by atoms with Crippen molar-refractivity contribution in [2.45, 2.75) is 37.2 Å². The smallest absolute Gasteiger partial charge is 0.416 e. The fraction of sp³-hybridized carbons (Fsp3) is 0.452. The Morgan fingerprint density at radius 1 is 0.936 bits per heavy atom. The van der Waals surface area contributed by atoms with Crippen LogP contribution in [0.25, 0.3) is 0 Å². The molecule has 0 radical (unpaired) electrons. The van der Waals surface area contributed by atoms with E-state index in [1.807, 2.05) is 19.0 Å². The van der Waals surface area contributed by atoms with E-state index in [1.54, 1.807) is 31.1 Å². The minimum Gasteiger partial charge on any atom is -0.462 e. The monoisotopic (exact) mass is 691 g/mol. The number of alkyl halides is 6. The first kappa shape index (κ1) is 37.8. The Balaban J connectivity index is 2.19. The first-order valence-electron chi connectivity index (χ1n) is 14.2. The number of carbonyl (C=O) groups is 1. The van der Waals surface area contributed by atoms with Crippen molar-refractivity contribution in [1.82, 2.24) is 19.8 Å². The van der Waals surface area contributed by atoms with Crippen molar-refractivity contribution in [1.29, 1.82) is 0 Å². The van der Waals surface area contributed by atoms with Gasteiger partial charge in [-0.25, -0.2) is 4.98 Å². The second-order valence-corrected chi connectivity index (χ2v) is 12.0. The maximum Gasteiger partial charge on any atom is 0.416 e. The van der Waals surface area contributed by atoms with Crippen LogP contribution in [0.3, 0.4) is 0 Å². The number of aromatic nitrogens is 2. The van der Waals surface area contributed by atoms with E-state index < -0.39 is 52.9 Å². The van der Waals surface area contributed by atoms with Gasteiger partial charge in [-0.1, -0.05) is 23.7 Å². The lowest BCUT2D eigenvalue weighted by atomic mass is 9.75. The van der Waals surface area contributed by atoms with Gasteiger partial charge in [0.25, 0.3) is 0 Å². The summed E-state index contributed by atoms with van der Waals surface area (Å²) in [7, 11) is 8.11.